The molecule has 0 aliphatic carbocycles. The van der Waals surface area contributed by atoms with Crippen molar-refractivity contribution in [3.8, 4) is 17.1 Å². The summed E-state index contributed by atoms with van der Waals surface area (Å²) in [5, 5.41) is 0.236. The molecule has 2 N–H and O–H groups in total. The van der Waals surface area contributed by atoms with Gasteiger partial charge in [0.2, 0.25) is 0 Å². The van der Waals surface area contributed by atoms with E-state index in [1.165, 1.54) is 5.56 Å². The summed E-state index contributed by atoms with van der Waals surface area (Å²) in [7, 11) is 0. The third-order valence-corrected chi connectivity index (χ3v) is 5.56. The fraction of sp³-hybridized carbons (Fsp3) is 0.182. The molecule has 146 valence electrons. The Hall–Kier alpha value is -3.19. The molecule has 29 heavy (non-hydrogen) atoms. The number of hydrogen-bond donors (Lipinski definition) is 1. The summed E-state index contributed by atoms with van der Waals surface area (Å²) >= 11 is 1.66. The molecule has 6 nitrogen and oxygen atoms in total. The van der Waals surface area contributed by atoms with Crippen molar-refractivity contribution in [2.75, 3.05) is 12.0 Å². The number of hydrogen-bond acceptors (Lipinski definition) is 6. The maximum absolute atomic E-state index is 13.5. The summed E-state index contributed by atoms with van der Waals surface area (Å²) < 4.78 is 1.59. The first kappa shape index (κ1) is 19.1. The Morgan fingerprint density at radius 3 is 2.31 bits per heavy atom. The molecule has 0 radical (unpaired) electrons. The normalized spacial score (nSPS) is 11.1. The van der Waals surface area contributed by atoms with Gasteiger partial charge >= 0.3 is 0 Å². The van der Waals surface area contributed by atoms with Crippen molar-refractivity contribution in [2.24, 2.45) is 0 Å². The van der Waals surface area contributed by atoms with Crippen molar-refractivity contribution < 1.29 is 0 Å². The van der Waals surface area contributed by atoms with Crippen LogP contribution in [0.4, 0.5) is 5.82 Å². The third-order valence-electron chi connectivity index (χ3n) is 4.82. The van der Waals surface area contributed by atoms with Gasteiger partial charge in [0, 0.05) is 10.5 Å². The number of aromatic nitrogens is 4. The number of nitrogen functional groups attached to an aromatic ring is 1. The van der Waals surface area contributed by atoms with Crippen LogP contribution in [0.2, 0.25) is 0 Å². The van der Waals surface area contributed by atoms with Crippen molar-refractivity contribution in [3.05, 3.63) is 70.3 Å². The standard InChI is InChI=1S/C22H21N5OS/c1-4-14-5-9-16(10-6-14)27-21(15-7-11-17(29-3)12-8-15)26-20-18(22(27)28)19(23)24-13(2)25-20/h5-12H,4H2,1-3H3,(H2,23,24,25). The largest absolute Gasteiger partial charge is 0.383 e. The first-order chi connectivity index (χ1) is 14.0. The molecule has 0 aliphatic heterocycles. The first-order valence-electron chi connectivity index (χ1n) is 9.32. The average Bonchev–Trinajstić information content (AvgIpc) is 2.73. The van der Waals surface area contributed by atoms with E-state index in [9.17, 15) is 4.79 Å². The van der Waals surface area contributed by atoms with Gasteiger partial charge in [-0.05, 0) is 49.4 Å². The lowest BCUT2D eigenvalue weighted by Gasteiger charge is -2.15. The molecule has 0 saturated heterocycles. The maximum Gasteiger partial charge on any atom is 0.271 e. The Kier molecular flexibility index (Phi) is 5.07. The molecule has 7 heteroatoms. The summed E-state index contributed by atoms with van der Waals surface area (Å²) in [6.07, 6.45) is 2.95. The topological polar surface area (TPSA) is 86.7 Å². The molecule has 0 unspecified atom stereocenters. The number of benzene rings is 2. The van der Waals surface area contributed by atoms with Crippen LogP contribution < -0.4 is 11.3 Å². The van der Waals surface area contributed by atoms with Gasteiger partial charge in [-0.2, -0.15) is 0 Å². The minimum absolute atomic E-state index is 0.146. The van der Waals surface area contributed by atoms with Gasteiger partial charge in [-0.25, -0.2) is 15.0 Å². The molecule has 0 spiro atoms. The fourth-order valence-electron chi connectivity index (χ4n) is 3.28. The number of rotatable bonds is 4. The van der Waals surface area contributed by atoms with Gasteiger partial charge in [-0.15, -0.1) is 11.8 Å². The number of fused-ring (bicyclic) bond motifs is 1. The van der Waals surface area contributed by atoms with E-state index < -0.39 is 0 Å². The van der Waals surface area contributed by atoms with E-state index in [0.29, 0.717) is 17.3 Å². The van der Waals surface area contributed by atoms with E-state index >= 15 is 0 Å². The summed E-state index contributed by atoms with van der Waals surface area (Å²) in [6, 6.07) is 15.9. The van der Waals surface area contributed by atoms with E-state index in [1.54, 1.807) is 23.3 Å². The molecule has 2 aromatic carbocycles. The second kappa shape index (κ2) is 7.67. The molecular weight excluding hydrogens is 382 g/mol. The van der Waals surface area contributed by atoms with E-state index in [4.69, 9.17) is 10.7 Å². The molecule has 4 rings (SSSR count). The first-order valence-corrected chi connectivity index (χ1v) is 10.5. The number of nitrogens with two attached hydrogens (primary N) is 1. The van der Waals surface area contributed by atoms with Crippen molar-refractivity contribution in [1.29, 1.82) is 0 Å². The van der Waals surface area contributed by atoms with E-state index in [-0.39, 0.29) is 16.8 Å². The fourth-order valence-corrected chi connectivity index (χ4v) is 3.69. The number of nitrogens with zero attached hydrogens (tertiary/aromatic N) is 4. The average molecular weight is 404 g/mol. The van der Waals surface area contributed by atoms with Gasteiger partial charge in [0.25, 0.3) is 5.56 Å². The second-order valence-corrected chi connectivity index (χ2v) is 7.56. The van der Waals surface area contributed by atoms with Gasteiger partial charge in [-0.3, -0.25) is 9.36 Å². The Labute approximate surface area is 172 Å². The molecule has 0 saturated carbocycles. The zero-order chi connectivity index (χ0) is 20.5. The van der Waals surface area contributed by atoms with Crippen LogP contribution in [0, 0.1) is 6.92 Å². The van der Waals surface area contributed by atoms with Crippen molar-refractivity contribution in [1.82, 2.24) is 19.5 Å². The van der Waals surface area contributed by atoms with E-state index in [0.717, 1.165) is 22.6 Å². The van der Waals surface area contributed by atoms with Gasteiger partial charge in [0.1, 0.15) is 22.9 Å². The minimum Gasteiger partial charge on any atom is -0.383 e. The second-order valence-electron chi connectivity index (χ2n) is 6.68. The minimum atomic E-state index is -0.277. The number of anilines is 1. The van der Waals surface area contributed by atoms with Crippen LogP contribution in [0.25, 0.3) is 28.1 Å². The molecule has 2 aromatic heterocycles. The zero-order valence-corrected chi connectivity index (χ0v) is 17.3. The van der Waals surface area contributed by atoms with Crippen LogP contribution in [0.1, 0.15) is 18.3 Å². The third kappa shape index (κ3) is 3.49. The summed E-state index contributed by atoms with van der Waals surface area (Å²) in [5.41, 5.74) is 8.85. The molecule has 2 heterocycles. The Balaban J connectivity index is 2.06. The monoisotopic (exact) mass is 403 g/mol. The Bertz CT molecular complexity index is 1250. The molecule has 0 bridgehead atoms. The number of thioether (sulfide) groups is 1. The van der Waals surface area contributed by atoms with Gasteiger partial charge in [0.05, 0.1) is 5.69 Å². The van der Waals surface area contributed by atoms with Crippen LogP contribution in [0.5, 0.6) is 0 Å². The van der Waals surface area contributed by atoms with Crippen LogP contribution in [0.15, 0.2) is 58.2 Å². The highest BCUT2D eigenvalue weighted by Crippen LogP contribution is 2.25. The highest BCUT2D eigenvalue weighted by Gasteiger charge is 2.18. The lowest BCUT2D eigenvalue weighted by Crippen LogP contribution is -2.24. The van der Waals surface area contributed by atoms with Gasteiger partial charge < -0.3 is 5.73 Å². The molecule has 0 atom stereocenters. The van der Waals surface area contributed by atoms with Crippen LogP contribution >= 0.6 is 11.8 Å². The predicted molar refractivity (Wildman–Crippen MR) is 119 cm³/mol. The Morgan fingerprint density at radius 2 is 1.69 bits per heavy atom. The van der Waals surface area contributed by atoms with E-state index in [1.807, 2.05) is 54.8 Å². The van der Waals surface area contributed by atoms with Gasteiger partial charge in [0.15, 0.2) is 5.65 Å². The molecule has 4 aromatic rings. The number of aryl methyl sites for hydroxylation is 2. The van der Waals surface area contributed by atoms with Crippen LogP contribution in [0.3, 0.4) is 0 Å². The predicted octanol–water partition coefficient (Wildman–Crippen LogP) is 4.02. The van der Waals surface area contributed by atoms with Crippen molar-refractivity contribution in [3.63, 3.8) is 0 Å². The molecule has 0 aliphatic rings. The van der Waals surface area contributed by atoms with Crippen molar-refractivity contribution in [2.45, 2.75) is 25.2 Å². The summed E-state index contributed by atoms with van der Waals surface area (Å²) in [5.74, 6) is 1.15. The van der Waals surface area contributed by atoms with Crippen LogP contribution in [-0.2, 0) is 6.42 Å². The molecule has 0 fully saturated rings. The molecule has 0 amide bonds. The van der Waals surface area contributed by atoms with E-state index in [2.05, 4.69) is 16.9 Å². The SMILES string of the molecule is CCc1ccc(-n2c(-c3ccc(SC)cc3)nc3nc(C)nc(N)c3c2=O)cc1. The lowest BCUT2D eigenvalue weighted by molar-refractivity contribution is 0.954. The molecular formula is C22H21N5OS. The lowest BCUT2D eigenvalue weighted by atomic mass is 10.1. The highest BCUT2D eigenvalue weighted by atomic mass is 32.2. The maximum atomic E-state index is 13.5. The smallest absolute Gasteiger partial charge is 0.271 e. The summed E-state index contributed by atoms with van der Waals surface area (Å²) in [6.45, 7) is 3.83. The van der Waals surface area contributed by atoms with Gasteiger partial charge in [-0.1, -0.05) is 31.2 Å². The summed E-state index contributed by atoms with van der Waals surface area (Å²) in [4.78, 5) is 27.9. The highest BCUT2D eigenvalue weighted by molar-refractivity contribution is 7.98. The van der Waals surface area contributed by atoms with Crippen molar-refractivity contribution >= 4 is 28.6 Å². The van der Waals surface area contributed by atoms with Crippen LogP contribution in [-0.4, -0.2) is 25.8 Å². The zero-order valence-electron chi connectivity index (χ0n) is 16.5. The Morgan fingerprint density at radius 1 is 1.00 bits per heavy atom. The quantitative estimate of drug-likeness (QED) is 0.518.